The summed E-state index contributed by atoms with van der Waals surface area (Å²) in [7, 11) is 0. The van der Waals surface area contributed by atoms with Gasteiger partial charge in [-0.05, 0) is 26.7 Å². The van der Waals surface area contributed by atoms with Crippen molar-refractivity contribution in [3.05, 3.63) is 10.6 Å². The molecule has 1 aliphatic heterocycles. The number of ether oxygens (including phenoxy) is 1. The number of rotatable bonds is 3. The van der Waals surface area contributed by atoms with E-state index in [4.69, 9.17) is 10.5 Å². The summed E-state index contributed by atoms with van der Waals surface area (Å²) in [5.41, 5.74) is 6.63. The summed E-state index contributed by atoms with van der Waals surface area (Å²) in [6, 6.07) is 0.298. The van der Waals surface area contributed by atoms with Gasteiger partial charge in [0.25, 0.3) is 0 Å². The zero-order valence-corrected chi connectivity index (χ0v) is 11.6. The molecule has 0 unspecified atom stereocenters. The van der Waals surface area contributed by atoms with E-state index in [1.807, 2.05) is 6.92 Å². The fourth-order valence-electron chi connectivity index (χ4n) is 1.99. The highest BCUT2D eigenvalue weighted by atomic mass is 32.1. The van der Waals surface area contributed by atoms with Crippen LogP contribution in [-0.2, 0) is 4.74 Å². The lowest BCUT2D eigenvalue weighted by Crippen LogP contribution is -2.39. The quantitative estimate of drug-likeness (QED) is 0.843. The van der Waals surface area contributed by atoms with Crippen molar-refractivity contribution in [2.45, 2.75) is 32.7 Å². The second-order valence-corrected chi connectivity index (χ2v) is 5.43. The maximum atomic E-state index is 11.7. The van der Waals surface area contributed by atoms with Crippen LogP contribution >= 0.6 is 11.3 Å². The van der Waals surface area contributed by atoms with Crippen LogP contribution in [-0.4, -0.2) is 36.7 Å². The molecule has 2 heterocycles. The summed E-state index contributed by atoms with van der Waals surface area (Å²) >= 11 is 1.41. The molecule has 0 radical (unpaired) electrons. The van der Waals surface area contributed by atoms with Crippen LogP contribution in [0.25, 0.3) is 0 Å². The molecule has 1 aliphatic rings. The van der Waals surface area contributed by atoms with Crippen LogP contribution < -0.4 is 10.6 Å². The van der Waals surface area contributed by atoms with Crippen LogP contribution in [0.3, 0.4) is 0 Å². The lowest BCUT2D eigenvalue weighted by Gasteiger charge is -2.29. The van der Waals surface area contributed by atoms with Gasteiger partial charge < -0.3 is 15.4 Å². The largest absolute Gasteiger partial charge is 0.462 e. The van der Waals surface area contributed by atoms with Crippen LogP contribution in [0.5, 0.6) is 0 Å². The number of esters is 1. The Hall–Kier alpha value is -1.14. The SMILES string of the molecule is CCOC(=O)c1sc(N2CCC(N)CC2)nc1C. The number of hydrogen-bond donors (Lipinski definition) is 1. The highest BCUT2D eigenvalue weighted by molar-refractivity contribution is 7.17. The van der Waals surface area contributed by atoms with Gasteiger partial charge in [0.05, 0.1) is 12.3 Å². The fourth-order valence-corrected chi connectivity index (χ4v) is 3.01. The van der Waals surface area contributed by atoms with E-state index in [-0.39, 0.29) is 5.97 Å². The van der Waals surface area contributed by atoms with Crippen molar-refractivity contribution >= 4 is 22.4 Å². The molecule has 2 rings (SSSR count). The van der Waals surface area contributed by atoms with E-state index >= 15 is 0 Å². The molecule has 1 saturated heterocycles. The Bertz CT molecular complexity index is 425. The summed E-state index contributed by atoms with van der Waals surface area (Å²) in [4.78, 5) is 19.0. The molecule has 5 nitrogen and oxygen atoms in total. The number of carbonyl (C=O) groups excluding carboxylic acids is 1. The van der Waals surface area contributed by atoms with Gasteiger partial charge in [-0.15, -0.1) is 0 Å². The van der Waals surface area contributed by atoms with Gasteiger partial charge in [-0.1, -0.05) is 11.3 Å². The first-order valence-corrected chi connectivity index (χ1v) is 7.08. The zero-order chi connectivity index (χ0) is 13.1. The maximum absolute atomic E-state index is 11.7. The molecular formula is C12H19N3O2S. The Kier molecular flexibility index (Phi) is 4.19. The van der Waals surface area contributed by atoms with E-state index < -0.39 is 0 Å². The molecule has 1 aromatic rings. The molecule has 2 N–H and O–H groups in total. The summed E-state index contributed by atoms with van der Waals surface area (Å²) in [5.74, 6) is -0.271. The normalized spacial score (nSPS) is 16.9. The number of carbonyl (C=O) groups is 1. The second kappa shape index (κ2) is 5.67. The van der Waals surface area contributed by atoms with E-state index in [1.54, 1.807) is 6.92 Å². The molecule has 100 valence electrons. The monoisotopic (exact) mass is 269 g/mol. The number of thiazole rings is 1. The van der Waals surface area contributed by atoms with Crippen molar-refractivity contribution in [2.75, 3.05) is 24.6 Å². The van der Waals surface area contributed by atoms with Crippen LogP contribution in [0.4, 0.5) is 5.13 Å². The molecule has 1 aromatic heterocycles. The van der Waals surface area contributed by atoms with Gasteiger partial charge in [0, 0.05) is 19.1 Å². The first-order valence-electron chi connectivity index (χ1n) is 6.27. The lowest BCUT2D eigenvalue weighted by atomic mass is 10.1. The van der Waals surface area contributed by atoms with E-state index in [9.17, 15) is 4.79 Å². The van der Waals surface area contributed by atoms with E-state index in [2.05, 4.69) is 9.88 Å². The van der Waals surface area contributed by atoms with E-state index in [0.717, 1.165) is 36.8 Å². The highest BCUT2D eigenvalue weighted by Crippen LogP contribution is 2.28. The Morgan fingerprint density at radius 1 is 1.56 bits per heavy atom. The maximum Gasteiger partial charge on any atom is 0.350 e. The topological polar surface area (TPSA) is 68.5 Å². The zero-order valence-electron chi connectivity index (χ0n) is 10.8. The average Bonchev–Trinajstić information content (AvgIpc) is 2.72. The van der Waals surface area contributed by atoms with Gasteiger partial charge >= 0.3 is 5.97 Å². The number of aromatic nitrogens is 1. The third-order valence-corrected chi connectivity index (χ3v) is 4.25. The Morgan fingerprint density at radius 2 is 2.22 bits per heavy atom. The van der Waals surface area contributed by atoms with Crippen LogP contribution in [0, 0.1) is 6.92 Å². The summed E-state index contributed by atoms with van der Waals surface area (Å²) in [6.07, 6.45) is 1.96. The standard InChI is InChI=1S/C12H19N3O2S/c1-3-17-11(16)10-8(2)14-12(18-10)15-6-4-9(13)5-7-15/h9H,3-7,13H2,1-2H3. The molecule has 0 aromatic carbocycles. The molecule has 0 aliphatic carbocycles. The number of anilines is 1. The molecular weight excluding hydrogens is 250 g/mol. The Morgan fingerprint density at radius 3 is 2.83 bits per heavy atom. The number of nitrogens with zero attached hydrogens (tertiary/aromatic N) is 2. The summed E-state index contributed by atoms with van der Waals surface area (Å²) < 4.78 is 5.02. The second-order valence-electron chi connectivity index (χ2n) is 4.46. The van der Waals surface area contributed by atoms with Gasteiger partial charge in [0.1, 0.15) is 4.88 Å². The van der Waals surface area contributed by atoms with Crippen LogP contribution in [0.2, 0.25) is 0 Å². The molecule has 0 spiro atoms. The number of piperidine rings is 1. The van der Waals surface area contributed by atoms with Crippen molar-refractivity contribution in [1.29, 1.82) is 0 Å². The third kappa shape index (κ3) is 2.81. The minimum atomic E-state index is -0.271. The van der Waals surface area contributed by atoms with Crippen LogP contribution in [0.1, 0.15) is 35.1 Å². The predicted molar refractivity (Wildman–Crippen MR) is 72.2 cm³/mol. The van der Waals surface area contributed by atoms with Crippen molar-refractivity contribution < 1.29 is 9.53 Å². The minimum Gasteiger partial charge on any atom is -0.462 e. The number of nitrogens with two attached hydrogens (primary N) is 1. The molecule has 18 heavy (non-hydrogen) atoms. The van der Waals surface area contributed by atoms with Gasteiger partial charge in [-0.3, -0.25) is 0 Å². The molecule has 0 atom stereocenters. The number of aryl methyl sites for hydroxylation is 1. The number of hydrogen-bond acceptors (Lipinski definition) is 6. The smallest absolute Gasteiger partial charge is 0.350 e. The van der Waals surface area contributed by atoms with Gasteiger partial charge in [0.2, 0.25) is 0 Å². The van der Waals surface area contributed by atoms with Crippen molar-refractivity contribution in [3.63, 3.8) is 0 Å². The fraction of sp³-hybridized carbons (Fsp3) is 0.667. The first kappa shape index (κ1) is 13.3. The van der Waals surface area contributed by atoms with Crippen molar-refractivity contribution in [2.24, 2.45) is 5.73 Å². The third-order valence-electron chi connectivity index (χ3n) is 3.06. The Balaban J connectivity index is 2.11. The van der Waals surface area contributed by atoms with Gasteiger partial charge in [-0.2, -0.15) is 0 Å². The average molecular weight is 269 g/mol. The highest BCUT2D eigenvalue weighted by Gasteiger charge is 2.22. The minimum absolute atomic E-state index is 0.271. The van der Waals surface area contributed by atoms with Crippen molar-refractivity contribution in [3.8, 4) is 0 Å². The summed E-state index contributed by atoms with van der Waals surface area (Å²) in [5, 5.41) is 0.905. The van der Waals surface area contributed by atoms with Gasteiger partial charge in [-0.25, -0.2) is 9.78 Å². The molecule has 1 fully saturated rings. The molecule has 6 heteroatoms. The molecule has 0 saturated carbocycles. The first-order chi connectivity index (χ1) is 8.61. The lowest BCUT2D eigenvalue weighted by molar-refractivity contribution is 0.0531. The predicted octanol–water partition coefficient (Wildman–Crippen LogP) is 1.56. The van der Waals surface area contributed by atoms with Gasteiger partial charge in [0.15, 0.2) is 5.13 Å². The Labute approximate surface area is 111 Å². The molecule has 0 bridgehead atoms. The van der Waals surface area contributed by atoms with Crippen LogP contribution in [0.15, 0.2) is 0 Å². The van der Waals surface area contributed by atoms with Crippen molar-refractivity contribution in [1.82, 2.24) is 4.98 Å². The van der Waals surface area contributed by atoms with E-state index in [0.29, 0.717) is 17.5 Å². The van der Waals surface area contributed by atoms with E-state index in [1.165, 1.54) is 11.3 Å². The molecule has 0 amide bonds. The summed E-state index contributed by atoms with van der Waals surface area (Å²) in [6.45, 7) is 5.87.